The van der Waals surface area contributed by atoms with Crippen LogP contribution in [0.5, 0.6) is 0 Å². The van der Waals surface area contributed by atoms with Crippen LogP contribution in [0.2, 0.25) is 0 Å². The summed E-state index contributed by atoms with van der Waals surface area (Å²) < 4.78 is 5.16. The number of hydrogen-bond donors (Lipinski definition) is 0. The number of unbranched alkanes of at least 4 members (excludes halogenated alkanes) is 1. The van der Waals surface area contributed by atoms with Gasteiger partial charge in [-0.15, -0.1) is 0 Å². The van der Waals surface area contributed by atoms with Gasteiger partial charge in [0.2, 0.25) is 0 Å². The Labute approximate surface area is 136 Å². The number of hydrogen-bond acceptors (Lipinski definition) is 2. The van der Waals surface area contributed by atoms with Gasteiger partial charge in [-0.25, -0.2) is 4.79 Å². The van der Waals surface area contributed by atoms with Gasteiger partial charge in [0.25, 0.3) is 0 Å². The first-order chi connectivity index (χ1) is 11.3. The average Bonchev–Trinajstić information content (AvgIpc) is 2.58. The summed E-state index contributed by atoms with van der Waals surface area (Å²) >= 11 is 0. The molecule has 0 atom stereocenters. The number of carbonyl (C=O) groups is 1. The number of fused-ring (bicyclic) bond motifs is 2. The number of rotatable bonds is 5. The molecular formula is C21H20O2. The zero-order valence-electron chi connectivity index (χ0n) is 13.3. The molecule has 0 fully saturated rings. The summed E-state index contributed by atoms with van der Waals surface area (Å²) in [6, 6.07) is 18.8. The van der Waals surface area contributed by atoms with E-state index < -0.39 is 0 Å². The van der Waals surface area contributed by atoms with Crippen LogP contribution in [0.4, 0.5) is 0 Å². The smallest absolute Gasteiger partial charge is 0.330 e. The van der Waals surface area contributed by atoms with Crippen LogP contribution in [0.1, 0.15) is 25.3 Å². The molecule has 0 amide bonds. The van der Waals surface area contributed by atoms with Crippen molar-refractivity contribution in [1.82, 2.24) is 0 Å². The number of esters is 1. The van der Waals surface area contributed by atoms with Crippen LogP contribution in [0, 0.1) is 0 Å². The summed E-state index contributed by atoms with van der Waals surface area (Å²) in [5, 5.41) is 4.74. The summed E-state index contributed by atoms with van der Waals surface area (Å²) in [4.78, 5) is 11.7. The Morgan fingerprint density at radius 1 is 1.00 bits per heavy atom. The van der Waals surface area contributed by atoms with Gasteiger partial charge in [0.15, 0.2) is 0 Å². The highest BCUT2D eigenvalue weighted by molar-refractivity contribution is 6.02. The van der Waals surface area contributed by atoms with Crippen molar-refractivity contribution < 1.29 is 9.53 Å². The van der Waals surface area contributed by atoms with Crippen LogP contribution in [-0.2, 0) is 9.53 Å². The van der Waals surface area contributed by atoms with Gasteiger partial charge in [0, 0.05) is 6.08 Å². The molecule has 23 heavy (non-hydrogen) atoms. The minimum atomic E-state index is -0.281. The Bertz CT molecular complexity index is 862. The maximum absolute atomic E-state index is 11.7. The van der Waals surface area contributed by atoms with Gasteiger partial charge in [-0.3, -0.25) is 0 Å². The third-order valence-corrected chi connectivity index (χ3v) is 3.92. The van der Waals surface area contributed by atoms with Crippen LogP contribution in [0.25, 0.3) is 27.6 Å². The first-order valence-electron chi connectivity index (χ1n) is 8.04. The second kappa shape index (κ2) is 7.10. The second-order valence-electron chi connectivity index (χ2n) is 5.62. The molecule has 0 N–H and O–H groups in total. The minimum Gasteiger partial charge on any atom is -0.463 e. The van der Waals surface area contributed by atoms with Crippen LogP contribution < -0.4 is 0 Å². The first kappa shape index (κ1) is 15.3. The summed E-state index contributed by atoms with van der Waals surface area (Å²) in [6.45, 7) is 2.56. The topological polar surface area (TPSA) is 26.3 Å². The predicted octanol–water partition coefficient (Wildman–Crippen LogP) is 5.35. The molecule has 3 rings (SSSR count). The molecule has 0 aliphatic heterocycles. The molecule has 0 spiro atoms. The quantitative estimate of drug-likeness (QED) is 0.275. The fourth-order valence-electron chi connectivity index (χ4n) is 2.66. The van der Waals surface area contributed by atoms with E-state index in [0.717, 1.165) is 23.8 Å². The highest BCUT2D eigenvalue weighted by Gasteiger charge is 2.02. The molecule has 116 valence electrons. The zero-order chi connectivity index (χ0) is 16.1. The minimum absolute atomic E-state index is 0.281. The zero-order valence-corrected chi connectivity index (χ0v) is 13.3. The van der Waals surface area contributed by atoms with E-state index in [1.165, 1.54) is 22.2 Å². The van der Waals surface area contributed by atoms with Crippen molar-refractivity contribution in [1.29, 1.82) is 0 Å². The predicted molar refractivity (Wildman–Crippen MR) is 96.4 cm³/mol. The number of benzene rings is 3. The molecule has 0 saturated carbocycles. The van der Waals surface area contributed by atoms with E-state index in [2.05, 4.69) is 37.3 Å². The normalized spacial score (nSPS) is 11.3. The summed E-state index contributed by atoms with van der Waals surface area (Å²) in [7, 11) is 0. The van der Waals surface area contributed by atoms with E-state index in [1.54, 1.807) is 0 Å². The first-order valence-corrected chi connectivity index (χ1v) is 8.04. The third kappa shape index (κ3) is 3.59. The van der Waals surface area contributed by atoms with E-state index in [0.29, 0.717) is 6.61 Å². The highest BCUT2D eigenvalue weighted by Crippen LogP contribution is 2.26. The van der Waals surface area contributed by atoms with E-state index in [-0.39, 0.29) is 5.97 Å². The molecule has 0 aromatic heterocycles. The van der Waals surface area contributed by atoms with Crippen molar-refractivity contribution in [2.45, 2.75) is 19.8 Å². The largest absolute Gasteiger partial charge is 0.463 e. The van der Waals surface area contributed by atoms with Gasteiger partial charge in [-0.2, -0.15) is 0 Å². The van der Waals surface area contributed by atoms with Gasteiger partial charge >= 0.3 is 5.97 Å². The van der Waals surface area contributed by atoms with Crippen molar-refractivity contribution in [2.24, 2.45) is 0 Å². The van der Waals surface area contributed by atoms with Crippen molar-refractivity contribution >= 4 is 33.6 Å². The Balaban J connectivity index is 1.91. The van der Waals surface area contributed by atoms with Gasteiger partial charge < -0.3 is 4.74 Å². The lowest BCUT2D eigenvalue weighted by Crippen LogP contribution is -2.01. The Kier molecular flexibility index (Phi) is 4.72. The van der Waals surface area contributed by atoms with E-state index in [9.17, 15) is 4.79 Å². The summed E-state index contributed by atoms with van der Waals surface area (Å²) in [5.41, 5.74) is 1.03. The summed E-state index contributed by atoms with van der Waals surface area (Å²) in [5.74, 6) is -0.281. The van der Waals surface area contributed by atoms with Gasteiger partial charge in [-0.05, 0) is 51.7 Å². The molecule has 0 unspecified atom stereocenters. The third-order valence-electron chi connectivity index (χ3n) is 3.92. The SMILES string of the molecule is CCCCOC(=O)C=Cc1cccc2cc3ccccc3cc12. The lowest BCUT2D eigenvalue weighted by atomic mass is 9.99. The van der Waals surface area contributed by atoms with Crippen molar-refractivity contribution in [3.05, 3.63) is 66.2 Å². The molecule has 3 aromatic carbocycles. The molecule has 2 heteroatoms. The van der Waals surface area contributed by atoms with Gasteiger partial charge in [0.1, 0.15) is 0 Å². The Morgan fingerprint density at radius 2 is 1.74 bits per heavy atom. The van der Waals surface area contributed by atoms with E-state index in [1.807, 2.05) is 30.3 Å². The standard InChI is InChI=1S/C21H20O2/c1-2-3-13-23-21(22)12-11-16-9-6-10-19-14-17-7-4-5-8-18(17)15-20(16)19/h4-12,14-15H,2-3,13H2,1H3. The molecule has 0 heterocycles. The van der Waals surface area contributed by atoms with Crippen molar-refractivity contribution in [3.63, 3.8) is 0 Å². The molecular weight excluding hydrogens is 284 g/mol. The van der Waals surface area contributed by atoms with Crippen LogP contribution in [-0.4, -0.2) is 12.6 Å². The Morgan fingerprint density at radius 3 is 2.52 bits per heavy atom. The fraction of sp³-hybridized carbons (Fsp3) is 0.190. The van der Waals surface area contributed by atoms with Crippen LogP contribution in [0.15, 0.2) is 60.7 Å². The molecule has 3 aromatic rings. The van der Waals surface area contributed by atoms with Gasteiger partial charge in [0.05, 0.1) is 6.61 Å². The molecule has 0 saturated heterocycles. The lowest BCUT2D eigenvalue weighted by Gasteiger charge is -2.05. The van der Waals surface area contributed by atoms with Gasteiger partial charge in [-0.1, -0.05) is 55.8 Å². The molecule has 0 aliphatic rings. The highest BCUT2D eigenvalue weighted by atomic mass is 16.5. The van der Waals surface area contributed by atoms with E-state index >= 15 is 0 Å². The molecule has 0 radical (unpaired) electrons. The number of ether oxygens (including phenoxy) is 1. The maximum atomic E-state index is 11.7. The van der Waals surface area contributed by atoms with Crippen molar-refractivity contribution in [3.8, 4) is 0 Å². The maximum Gasteiger partial charge on any atom is 0.330 e. The monoisotopic (exact) mass is 304 g/mol. The number of carbonyl (C=O) groups excluding carboxylic acids is 1. The van der Waals surface area contributed by atoms with Crippen molar-refractivity contribution in [2.75, 3.05) is 6.61 Å². The average molecular weight is 304 g/mol. The molecule has 0 aliphatic carbocycles. The lowest BCUT2D eigenvalue weighted by molar-refractivity contribution is -0.137. The van der Waals surface area contributed by atoms with E-state index in [4.69, 9.17) is 4.74 Å². The van der Waals surface area contributed by atoms with Crippen LogP contribution in [0.3, 0.4) is 0 Å². The Hall–Kier alpha value is -2.61. The second-order valence-corrected chi connectivity index (χ2v) is 5.62. The van der Waals surface area contributed by atoms with Crippen LogP contribution >= 0.6 is 0 Å². The molecule has 2 nitrogen and oxygen atoms in total. The molecule has 0 bridgehead atoms. The summed E-state index contributed by atoms with van der Waals surface area (Å²) in [6.07, 6.45) is 5.28. The fourth-order valence-corrected chi connectivity index (χ4v) is 2.66.